The van der Waals surface area contributed by atoms with Crippen LogP contribution < -0.4 is 15.4 Å². The van der Waals surface area contributed by atoms with Crippen molar-refractivity contribution < 1.29 is 4.74 Å². The molecule has 7 heteroatoms. The highest BCUT2D eigenvalue weighted by Gasteiger charge is 2.20. The van der Waals surface area contributed by atoms with E-state index in [0.29, 0.717) is 12.6 Å². The van der Waals surface area contributed by atoms with Gasteiger partial charge < -0.3 is 20.3 Å². The van der Waals surface area contributed by atoms with Crippen molar-refractivity contribution in [3.8, 4) is 5.75 Å². The fourth-order valence-electron chi connectivity index (χ4n) is 3.14. The number of aliphatic imine (C=N–C) groups is 1. The van der Waals surface area contributed by atoms with Gasteiger partial charge in [-0.3, -0.25) is 9.89 Å². The van der Waals surface area contributed by atoms with E-state index in [1.807, 2.05) is 25.2 Å². The Hall–Kier alpha value is -1.06. The van der Waals surface area contributed by atoms with Crippen LogP contribution >= 0.6 is 24.0 Å². The number of nitrogens with one attached hydrogen (secondary N) is 2. The van der Waals surface area contributed by atoms with Crippen LogP contribution in [0.2, 0.25) is 0 Å². The summed E-state index contributed by atoms with van der Waals surface area (Å²) >= 11 is 0. The Labute approximate surface area is 175 Å². The number of benzene rings is 1. The molecule has 1 aliphatic heterocycles. The third-order valence-corrected chi connectivity index (χ3v) is 4.90. The molecule has 1 aliphatic rings. The lowest BCUT2D eigenvalue weighted by atomic mass is 10.2. The van der Waals surface area contributed by atoms with Crippen LogP contribution in [0.25, 0.3) is 0 Å². The van der Waals surface area contributed by atoms with Gasteiger partial charge in [-0.1, -0.05) is 25.1 Å². The fourth-order valence-corrected chi connectivity index (χ4v) is 3.14. The standard InChI is InChI=1S/C19H33N5O.HI/c1-5-23-10-12-24(13-11-23)16(2)14-21-19(20-3)22-15-17-8-6-7-9-18(17)25-4;/h6-9,16H,5,10-15H2,1-4H3,(H2,20,21,22);1H. The molecule has 1 aromatic rings. The summed E-state index contributed by atoms with van der Waals surface area (Å²) in [5.74, 6) is 1.72. The number of ether oxygens (including phenoxy) is 1. The first-order chi connectivity index (χ1) is 12.2. The molecule has 0 amide bonds. The van der Waals surface area contributed by atoms with Crippen LogP contribution in [0.15, 0.2) is 29.3 Å². The quantitative estimate of drug-likeness (QED) is 0.359. The smallest absolute Gasteiger partial charge is 0.191 e. The largest absolute Gasteiger partial charge is 0.496 e. The first-order valence-electron chi connectivity index (χ1n) is 9.20. The van der Waals surface area contributed by atoms with Gasteiger partial charge in [0, 0.05) is 57.9 Å². The van der Waals surface area contributed by atoms with Crippen LogP contribution in [0.3, 0.4) is 0 Å². The van der Waals surface area contributed by atoms with Gasteiger partial charge in [0.1, 0.15) is 5.75 Å². The summed E-state index contributed by atoms with van der Waals surface area (Å²) in [4.78, 5) is 9.38. The van der Waals surface area contributed by atoms with Crippen LogP contribution in [0.4, 0.5) is 0 Å². The Morgan fingerprint density at radius 1 is 1.19 bits per heavy atom. The summed E-state index contributed by atoms with van der Waals surface area (Å²) in [6.45, 7) is 11.9. The van der Waals surface area contributed by atoms with Gasteiger partial charge in [-0.15, -0.1) is 24.0 Å². The number of guanidine groups is 1. The minimum Gasteiger partial charge on any atom is -0.496 e. The van der Waals surface area contributed by atoms with Crippen molar-refractivity contribution in [3.63, 3.8) is 0 Å². The average molecular weight is 475 g/mol. The van der Waals surface area contributed by atoms with Gasteiger partial charge in [0.25, 0.3) is 0 Å². The second-order valence-corrected chi connectivity index (χ2v) is 6.44. The number of likely N-dealkylation sites (N-methyl/N-ethyl adjacent to an activating group) is 1. The number of hydrogen-bond acceptors (Lipinski definition) is 4. The first kappa shape index (κ1) is 23.0. The van der Waals surface area contributed by atoms with E-state index in [1.54, 1.807) is 7.11 Å². The lowest BCUT2D eigenvalue weighted by Gasteiger charge is -2.37. The Balaban J connectivity index is 0.00000338. The monoisotopic (exact) mass is 475 g/mol. The number of para-hydroxylation sites is 1. The van der Waals surface area contributed by atoms with E-state index in [4.69, 9.17) is 4.74 Å². The van der Waals surface area contributed by atoms with Crippen LogP contribution in [0.1, 0.15) is 19.4 Å². The lowest BCUT2D eigenvalue weighted by molar-refractivity contribution is 0.107. The molecule has 0 aliphatic carbocycles. The normalized spacial score (nSPS) is 17.3. The van der Waals surface area contributed by atoms with E-state index in [0.717, 1.165) is 43.5 Å². The highest BCUT2D eigenvalue weighted by atomic mass is 127. The maximum absolute atomic E-state index is 5.40. The summed E-state index contributed by atoms with van der Waals surface area (Å²) in [6, 6.07) is 8.53. The van der Waals surface area contributed by atoms with Gasteiger partial charge >= 0.3 is 0 Å². The van der Waals surface area contributed by atoms with Gasteiger partial charge in [-0.05, 0) is 19.5 Å². The molecular weight excluding hydrogens is 441 g/mol. The summed E-state index contributed by atoms with van der Waals surface area (Å²) in [5.41, 5.74) is 1.12. The van der Waals surface area contributed by atoms with Crippen molar-refractivity contribution in [1.29, 1.82) is 0 Å². The first-order valence-corrected chi connectivity index (χ1v) is 9.20. The molecule has 148 valence electrons. The van der Waals surface area contributed by atoms with E-state index < -0.39 is 0 Å². The Morgan fingerprint density at radius 3 is 2.50 bits per heavy atom. The molecule has 0 spiro atoms. The summed E-state index contributed by atoms with van der Waals surface area (Å²) < 4.78 is 5.40. The molecule has 0 bridgehead atoms. The lowest BCUT2D eigenvalue weighted by Crippen LogP contribution is -2.53. The summed E-state index contributed by atoms with van der Waals surface area (Å²) in [5, 5.41) is 6.81. The summed E-state index contributed by atoms with van der Waals surface area (Å²) in [7, 11) is 3.51. The van der Waals surface area contributed by atoms with Gasteiger partial charge in [0.15, 0.2) is 5.96 Å². The minimum absolute atomic E-state index is 0. The molecule has 1 atom stereocenters. The molecule has 1 unspecified atom stereocenters. The molecule has 0 saturated carbocycles. The highest BCUT2D eigenvalue weighted by Crippen LogP contribution is 2.16. The SMILES string of the molecule is CCN1CCN(C(C)CNC(=NC)NCc2ccccc2OC)CC1.I. The van der Waals surface area contributed by atoms with Crippen molar-refractivity contribution in [3.05, 3.63) is 29.8 Å². The molecule has 1 aromatic carbocycles. The van der Waals surface area contributed by atoms with Gasteiger partial charge in [-0.25, -0.2) is 0 Å². The molecule has 1 fully saturated rings. The van der Waals surface area contributed by atoms with E-state index in [9.17, 15) is 0 Å². The number of hydrogen-bond donors (Lipinski definition) is 2. The van der Waals surface area contributed by atoms with E-state index in [-0.39, 0.29) is 24.0 Å². The molecule has 26 heavy (non-hydrogen) atoms. The third-order valence-electron chi connectivity index (χ3n) is 4.90. The molecule has 1 saturated heterocycles. The van der Waals surface area contributed by atoms with E-state index in [2.05, 4.69) is 45.3 Å². The molecule has 0 aromatic heterocycles. The van der Waals surface area contributed by atoms with E-state index in [1.165, 1.54) is 13.1 Å². The number of piperazine rings is 1. The van der Waals surface area contributed by atoms with Crippen molar-refractivity contribution in [2.45, 2.75) is 26.4 Å². The maximum Gasteiger partial charge on any atom is 0.191 e. The number of nitrogens with zero attached hydrogens (tertiary/aromatic N) is 3. The molecule has 1 heterocycles. The second-order valence-electron chi connectivity index (χ2n) is 6.44. The minimum atomic E-state index is 0. The molecule has 2 rings (SSSR count). The van der Waals surface area contributed by atoms with Crippen molar-refractivity contribution in [2.24, 2.45) is 4.99 Å². The second kappa shape index (κ2) is 12.3. The van der Waals surface area contributed by atoms with E-state index >= 15 is 0 Å². The van der Waals surface area contributed by atoms with Crippen molar-refractivity contribution >= 4 is 29.9 Å². The Kier molecular flexibility index (Phi) is 10.9. The van der Waals surface area contributed by atoms with Crippen LogP contribution in [-0.4, -0.2) is 75.2 Å². The van der Waals surface area contributed by atoms with Crippen molar-refractivity contribution in [1.82, 2.24) is 20.4 Å². The Morgan fingerprint density at radius 2 is 1.88 bits per heavy atom. The van der Waals surface area contributed by atoms with Crippen molar-refractivity contribution in [2.75, 3.05) is 53.4 Å². The predicted octanol–water partition coefficient (Wildman–Crippen LogP) is 2.00. The van der Waals surface area contributed by atoms with Gasteiger partial charge in [0.05, 0.1) is 7.11 Å². The van der Waals surface area contributed by atoms with Crippen LogP contribution in [0, 0.1) is 0 Å². The van der Waals surface area contributed by atoms with Gasteiger partial charge in [-0.2, -0.15) is 0 Å². The summed E-state index contributed by atoms with van der Waals surface area (Å²) in [6.07, 6.45) is 0. The fraction of sp³-hybridized carbons (Fsp3) is 0.632. The number of rotatable bonds is 7. The van der Waals surface area contributed by atoms with Crippen LogP contribution in [0.5, 0.6) is 5.75 Å². The highest BCUT2D eigenvalue weighted by molar-refractivity contribution is 14.0. The zero-order valence-electron chi connectivity index (χ0n) is 16.5. The van der Waals surface area contributed by atoms with Crippen LogP contribution in [-0.2, 0) is 6.54 Å². The maximum atomic E-state index is 5.40. The molecule has 0 radical (unpaired) electrons. The predicted molar refractivity (Wildman–Crippen MR) is 120 cm³/mol. The molecule has 2 N–H and O–H groups in total. The number of methoxy groups -OCH3 is 1. The zero-order valence-corrected chi connectivity index (χ0v) is 18.8. The number of halogens is 1. The van der Waals surface area contributed by atoms with Gasteiger partial charge in [0.2, 0.25) is 0 Å². The average Bonchev–Trinajstić information content (AvgIpc) is 2.68. The molecule has 6 nitrogen and oxygen atoms in total. The Bertz CT molecular complexity index is 546. The zero-order chi connectivity index (χ0) is 18.1. The third kappa shape index (κ3) is 6.92. The molecular formula is C19H34IN5O. The topological polar surface area (TPSA) is 52.1 Å².